The third kappa shape index (κ3) is 4.64. The Balaban J connectivity index is 1.60. The topological polar surface area (TPSA) is 61.8 Å². The Bertz CT molecular complexity index is 1320. The zero-order valence-electron chi connectivity index (χ0n) is 20.5. The van der Waals surface area contributed by atoms with Gasteiger partial charge in [-0.2, -0.15) is 8.42 Å². The summed E-state index contributed by atoms with van der Waals surface area (Å²) in [5.41, 5.74) is 4.82. The van der Waals surface area contributed by atoms with Gasteiger partial charge >= 0.3 is 10.1 Å². The maximum Gasteiger partial charge on any atom is 0.339 e. The lowest BCUT2D eigenvalue weighted by Gasteiger charge is -2.31. The maximum absolute atomic E-state index is 13.2. The number of ether oxygens (including phenoxy) is 2. The van der Waals surface area contributed by atoms with Gasteiger partial charge in [0.05, 0.1) is 14.2 Å². The monoisotopic (exact) mass is 492 g/mol. The van der Waals surface area contributed by atoms with Crippen LogP contribution >= 0.6 is 0 Å². The molecule has 2 aliphatic rings. The summed E-state index contributed by atoms with van der Waals surface area (Å²) in [6.45, 7) is 2.28. The molecule has 6 heteroatoms. The molecule has 3 aromatic carbocycles. The normalized spacial score (nSPS) is 21.5. The van der Waals surface area contributed by atoms with Gasteiger partial charge in [0, 0.05) is 5.56 Å². The Morgan fingerprint density at radius 3 is 2.43 bits per heavy atom. The van der Waals surface area contributed by atoms with Crippen molar-refractivity contribution in [1.29, 1.82) is 0 Å². The van der Waals surface area contributed by atoms with E-state index in [4.69, 9.17) is 13.7 Å². The van der Waals surface area contributed by atoms with Gasteiger partial charge in [0.2, 0.25) is 0 Å². The van der Waals surface area contributed by atoms with Crippen LogP contribution in [0.15, 0.2) is 65.6 Å². The van der Waals surface area contributed by atoms with Crippen LogP contribution in [-0.2, 0) is 29.4 Å². The highest BCUT2D eigenvalue weighted by Crippen LogP contribution is 2.46. The number of rotatable bonds is 5. The molecule has 3 aromatic rings. The molecule has 35 heavy (non-hydrogen) atoms. The van der Waals surface area contributed by atoms with Gasteiger partial charge in [0.15, 0.2) is 11.5 Å². The van der Waals surface area contributed by atoms with E-state index in [1.807, 2.05) is 6.07 Å². The maximum atomic E-state index is 13.2. The molecular formula is C29H32O5S. The molecule has 0 spiro atoms. The van der Waals surface area contributed by atoms with Crippen LogP contribution < -0.4 is 13.7 Å². The Morgan fingerprint density at radius 1 is 0.886 bits per heavy atom. The molecule has 5 rings (SSSR count). The largest absolute Gasteiger partial charge is 0.497 e. The van der Waals surface area contributed by atoms with E-state index in [1.54, 1.807) is 44.6 Å². The van der Waals surface area contributed by atoms with E-state index in [1.165, 1.54) is 11.1 Å². The zero-order chi connectivity index (χ0) is 24.6. The van der Waals surface area contributed by atoms with Crippen LogP contribution in [0.3, 0.4) is 0 Å². The first-order valence-corrected chi connectivity index (χ1v) is 13.7. The van der Waals surface area contributed by atoms with E-state index in [9.17, 15) is 8.42 Å². The Labute approximate surface area is 208 Å². The average Bonchev–Trinajstić information content (AvgIpc) is 3.05. The van der Waals surface area contributed by atoms with Crippen LogP contribution in [-0.4, -0.2) is 22.6 Å². The lowest BCUT2D eigenvalue weighted by molar-refractivity contribution is 0.289. The lowest BCUT2D eigenvalue weighted by Crippen LogP contribution is -2.22. The van der Waals surface area contributed by atoms with E-state index >= 15 is 0 Å². The molecule has 2 bridgehead atoms. The van der Waals surface area contributed by atoms with Crippen molar-refractivity contribution < 1.29 is 22.1 Å². The number of fused-ring (bicyclic) bond motifs is 5. The molecule has 3 atom stereocenters. The van der Waals surface area contributed by atoms with Gasteiger partial charge in [-0.05, 0) is 96.9 Å². The zero-order valence-corrected chi connectivity index (χ0v) is 21.3. The SMILES string of the molecule is COc1ccc2c(c1)CCC1CC2Cc2ccc(OC)c(OS(=O)(=O)c3ccccc3)c2CC1C. The van der Waals surface area contributed by atoms with Crippen molar-refractivity contribution in [3.63, 3.8) is 0 Å². The Hall–Kier alpha value is -2.99. The van der Waals surface area contributed by atoms with E-state index in [2.05, 4.69) is 31.2 Å². The van der Waals surface area contributed by atoms with Crippen molar-refractivity contribution in [1.82, 2.24) is 0 Å². The Morgan fingerprint density at radius 2 is 1.69 bits per heavy atom. The summed E-state index contributed by atoms with van der Waals surface area (Å²) < 4.78 is 43.3. The molecule has 0 radical (unpaired) electrons. The summed E-state index contributed by atoms with van der Waals surface area (Å²) in [6.07, 6.45) is 4.86. The van der Waals surface area contributed by atoms with Crippen LogP contribution in [0.1, 0.15) is 47.9 Å². The van der Waals surface area contributed by atoms with Gasteiger partial charge in [0.1, 0.15) is 10.6 Å². The Kier molecular flexibility index (Phi) is 6.49. The number of benzene rings is 3. The molecular weight excluding hydrogens is 460 g/mol. The fraction of sp³-hybridized carbons (Fsp3) is 0.379. The van der Waals surface area contributed by atoms with Crippen LogP contribution in [0.25, 0.3) is 0 Å². The minimum Gasteiger partial charge on any atom is -0.497 e. The quantitative estimate of drug-likeness (QED) is 0.412. The average molecular weight is 493 g/mol. The van der Waals surface area contributed by atoms with Crippen LogP contribution in [0.4, 0.5) is 0 Å². The molecule has 0 fully saturated rings. The summed E-state index contributed by atoms with van der Waals surface area (Å²) in [7, 11) is -0.727. The predicted molar refractivity (Wildman–Crippen MR) is 136 cm³/mol. The summed E-state index contributed by atoms with van der Waals surface area (Å²) in [5.74, 6) is 2.95. The first-order chi connectivity index (χ1) is 16.9. The van der Waals surface area contributed by atoms with Gasteiger partial charge in [-0.3, -0.25) is 0 Å². The molecule has 2 aliphatic carbocycles. The third-order valence-electron chi connectivity index (χ3n) is 7.73. The summed E-state index contributed by atoms with van der Waals surface area (Å²) >= 11 is 0. The third-order valence-corrected chi connectivity index (χ3v) is 8.96. The highest BCUT2D eigenvalue weighted by Gasteiger charge is 2.34. The molecule has 0 aliphatic heterocycles. The van der Waals surface area contributed by atoms with Gasteiger partial charge in [0.25, 0.3) is 0 Å². The number of aryl methyl sites for hydroxylation is 1. The summed E-state index contributed by atoms with van der Waals surface area (Å²) in [6, 6.07) is 18.7. The predicted octanol–water partition coefficient (Wildman–Crippen LogP) is 5.94. The second kappa shape index (κ2) is 9.57. The molecule has 0 N–H and O–H groups in total. The molecule has 0 amide bonds. The van der Waals surface area contributed by atoms with Crippen molar-refractivity contribution >= 4 is 10.1 Å². The fourth-order valence-corrected chi connectivity index (χ4v) is 6.79. The number of hydrogen-bond acceptors (Lipinski definition) is 5. The number of methoxy groups -OCH3 is 2. The molecule has 0 saturated carbocycles. The summed E-state index contributed by atoms with van der Waals surface area (Å²) in [4.78, 5) is 0.134. The highest BCUT2D eigenvalue weighted by molar-refractivity contribution is 7.87. The van der Waals surface area contributed by atoms with Gasteiger partial charge in [-0.15, -0.1) is 0 Å². The first-order valence-electron chi connectivity index (χ1n) is 12.2. The molecule has 3 unspecified atom stereocenters. The van der Waals surface area contributed by atoms with Gasteiger partial charge in [-0.1, -0.05) is 37.3 Å². The minimum atomic E-state index is -3.99. The van der Waals surface area contributed by atoms with E-state index in [-0.39, 0.29) is 4.90 Å². The molecule has 0 heterocycles. The van der Waals surface area contributed by atoms with Crippen LogP contribution in [0.2, 0.25) is 0 Å². The van der Waals surface area contributed by atoms with Crippen molar-refractivity contribution in [2.75, 3.05) is 14.2 Å². The lowest BCUT2D eigenvalue weighted by atomic mass is 9.74. The van der Waals surface area contributed by atoms with Crippen molar-refractivity contribution in [3.05, 3.63) is 82.9 Å². The second-order valence-corrected chi connectivity index (χ2v) is 11.3. The minimum absolute atomic E-state index is 0.134. The van der Waals surface area contributed by atoms with Crippen LogP contribution in [0.5, 0.6) is 17.2 Å². The molecule has 184 valence electrons. The van der Waals surface area contributed by atoms with E-state index in [0.29, 0.717) is 29.3 Å². The first kappa shape index (κ1) is 23.7. The van der Waals surface area contributed by atoms with Crippen molar-refractivity contribution in [2.45, 2.75) is 49.8 Å². The van der Waals surface area contributed by atoms with E-state index in [0.717, 1.165) is 49.0 Å². The molecule has 0 aromatic heterocycles. The van der Waals surface area contributed by atoms with Gasteiger partial charge < -0.3 is 13.7 Å². The number of hydrogen-bond donors (Lipinski definition) is 0. The summed E-state index contributed by atoms with van der Waals surface area (Å²) in [5, 5.41) is 0. The van der Waals surface area contributed by atoms with E-state index < -0.39 is 10.1 Å². The standard InChI is InChI=1S/C29H32O5S/c1-19-15-27-21(17-23-16-20(19)9-10-22-18-24(32-2)12-13-26(22)23)11-14-28(33-3)29(27)34-35(30,31)25-7-5-4-6-8-25/h4-8,11-14,18-20,23H,9-10,15-17H2,1-3H3. The highest BCUT2D eigenvalue weighted by atomic mass is 32.2. The van der Waals surface area contributed by atoms with Crippen molar-refractivity contribution in [3.8, 4) is 17.2 Å². The van der Waals surface area contributed by atoms with Crippen LogP contribution in [0, 0.1) is 11.8 Å². The molecule has 5 nitrogen and oxygen atoms in total. The molecule has 0 saturated heterocycles. The fourth-order valence-electron chi connectivity index (χ4n) is 5.80. The van der Waals surface area contributed by atoms with Gasteiger partial charge in [-0.25, -0.2) is 0 Å². The second-order valence-electron chi connectivity index (χ2n) is 9.77. The van der Waals surface area contributed by atoms with Crippen molar-refractivity contribution in [2.24, 2.45) is 11.8 Å². The smallest absolute Gasteiger partial charge is 0.339 e.